The molecule has 0 bridgehead atoms. The molecule has 0 radical (unpaired) electrons. The van der Waals surface area contributed by atoms with E-state index >= 15 is 0 Å². The summed E-state index contributed by atoms with van der Waals surface area (Å²) in [4.78, 5) is 0. The molecule has 86 valence electrons. The lowest BCUT2D eigenvalue weighted by Crippen LogP contribution is -1.85. The van der Waals surface area contributed by atoms with Crippen molar-refractivity contribution in [2.75, 3.05) is 0 Å². The Balaban J connectivity index is 4.53. The lowest BCUT2D eigenvalue weighted by molar-refractivity contribution is 0.809. The first-order valence-corrected chi connectivity index (χ1v) is 6.01. The number of unbranched alkanes of at least 4 members (excludes halogenated alkanes) is 4. The highest BCUT2D eigenvalue weighted by atomic mass is 14.3. The second kappa shape index (κ2) is 9.99. The van der Waals surface area contributed by atoms with Gasteiger partial charge in [0.2, 0.25) is 0 Å². The van der Waals surface area contributed by atoms with Crippen molar-refractivity contribution in [2.24, 2.45) is 0 Å². The van der Waals surface area contributed by atoms with Crippen LogP contribution in [0.1, 0.15) is 52.4 Å². The number of nitriles is 2. The fourth-order valence-electron chi connectivity index (χ4n) is 1.33. The first kappa shape index (κ1) is 14.5. The third-order valence-electron chi connectivity index (χ3n) is 2.34. The monoisotopic (exact) mass is 216 g/mol. The average molecular weight is 216 g/mol. The van der Waals surface area contributed by atoms with Crippen molar-refractivity contribution in [1.29, 1.82) is 10.5 Å². The van der Waals surface area contributed by atoms with E-state index in [0.717, 1.165) is 38.5 Å². The fourth-order valence-corrected chi connectivity index (χ4v) is 1.33. The number of hydrogen-bond donors (Lipinski definition) is 0. The van der Waals surface area contributed by atoms with Gasteiger partial charge in [0.25, 0.3) is 0 Å². The molecule has 0 aromatic carbocycles. The van der Waals surface area contributed by atoms with Gasteiger partial charge in [0.05, 0.1) is 11.1 Å². The standard InChI is InChI=1S/C14H20N2/c1-3-5-7-9-13(11-15)14(12-16)10-8-6-4-2/h9-10H,3-8H2,1-2H3/b13-9+,14-10+. The van der Waals surface area contributed by atoms with Crippen LogP contribution in [0.2, 0.25) is 0 Å². The summed E-state index contributed by atoms with van der Waals surface area (Å²) in [6, 6.07) is 4.22. The normalized spacial score (nSPS) is 12.0. The van der Waals surface area contributed by atoms with E-state index in [1.54, 1.807) is 0 Å². The maximum absolute atomic E-state index is 8.97. The molecule has 0 rings (SSSR count). The third kappa shape index (κ3) is 6.04. The molecule has 0 N–H and O–H groups in total. The second-order valence-electron chi connectivity index (χ2n) is 3.74. The smallest absolute Gasteiger partial charge is 0.100 e. The molecule has 0 fully saturated rings. The fraction of sp³-hybridized carbons (Fsp3) is 0.571. The van der Waals surface area contributed by atoms with E-state index in [0.29, 0.717) is 11.1 Å². The molecule has 2 heteroatoms. The molecule has 0 atom stereocenters. The van der Waals surface area contributed by atoms with Gasteiger partial charge in [0.1, 0.15) is 12.1 Å². The van der Waals surface area contributed by atoms with Crippen LogP contribution >= 0.6 is 0 Å². The van der Waals surface area contributed by atoms with Crippen LogP contribution < -0.4 is 0 Å². The minimum atomic E-state index is 0.534. The lowest BCUT2D eigenvalue weighted by atomic mass is 10.0. The molecule has 0 amide bonds. The predicted molar refractivity (Wildman–Crippen MR) is 66.4 cm³/mol. The molecule has 0 unspecified atom stereocenters. The van der Waals surface area contributed by atoms with Gasteiger partial charge in [-0.25, -0.2) is 0 Å². The average Bonchev–Trinajstić information content (AvgIpc) is 2.31. The minimum absolute atomic E-state index is 0.534. The third-order valence-corrected chi connectivity index (χ3v) is 2.34. The Morgan fingerprint density at radius 3 is 1.50 bits per heavy atom. The summed E-state index contributed by atoms with van der Waals surface area (Å²) in [6.07, 6.45) is 9.87. The topological polar surface area (TPSA) is 47.6 Å². The van der Waals surface area contributed by atoms with Crippen molar-refractivity contribution in [2.45, 2.75) is 52.4 Å². The van der Waals surface area contributed by atoms with Gasteiger partial charge in [0, 0.05) is 0 Å². The van der Waals surface area contributed by atoms with Crippen LogP contribution in [0.3, 0.4) is 0 Å². The van der Waals surface area contributed by atoms with Gasteiger partial charge in [-0.05, 0) is 12.8 Å². The Morgan fingerprint density at radius 2 is 1.25 bits per heavy atom. The van der Waals surface area contributed by atoms with Crippen LogP contribution in [-0.2, 0) is 0 Å². The van der Waals surface area contributed by atoms with Crippen LogP contribution in [0.5, 0.6) is 0 Å². The molecular weight excluding hydrogens is 196 g/mol. The van der Waals surface area contributed by atoms with Crippen molar-refractivity contribution in [3.63, 3.8) is 0 Å². The van der Waals surface area contributed by atoms with Crippen molar-refractivity contribution in [3.8, 4) is 12.1 Å². The number of allylic oxidation sites excluding steroid dienone is 4. The Labute approximate surface area is 98.9 Å². The Morgan fingerprint density at radius 1 is 0.875 bits per heavy atom. The minimum Gasteiger partial charge on any atom is -0.192 e. The van der Waals surface area contributed by atoms with Crippen LogP contribution in [-0.4, -0.2) is 0 Å². The second-order valence-corrected chi connectivity index (χ2v) is 3.74. The molecule has 0 saturated heterocycles. The summed E-state index contributed by atoms with van der Waals surface area (Å²) in [5, 5.41) is 17.9. The molecule has 0 saturated carbocycles. The summed E-state index contributed by atoms with van der Waals surface area (Å²) in [7, 11) is 0. The van der Waals surface area contributed by atoms with E-state index < -0.39 is 0 Å². The highest BCUT2D eigenvalue weighted by Crippen LogP contribution is 2.12. The highest BCUT2D eigenvalue weighted by Gasteiger charge is 2.02. The van der Waals surface area contributed by atoms with Crippen molar-refractivity contribution < 1.29 is 0 Å². The zero-order valence-corrected chi connectivity index (χ0v) is 10.3. The van der Waals surface area contributed by atoms with Gasteiger partial charge in [-0.1, -0.05) is 51.7 Å². The molecule has 0 aliphatic rings. The number of nitrogens with zero attached hydrogens (tertiary/aromatic N) is 2. The number of rotatable bonds is 7. The quantitative estimate of drug-likeness (QED) is 0.362. The molecule has 0 aliphatic heterocycles. The molecule has 2 nitrogen and oxygen atoms in total. The molecule has 0 heterocycles. The Hall–Kier alpha value is -1.54. The largest absolute Gasteiger partial charge is 0.192 e. The van der Waals surface area contributed by atoms with Crippen molar-refractivity contribution >= 4 is 0 Å². The van der Waals surface area contributed by atoms with Crippen LogP contribution in [0, 0.1) is 22.7 Å². The van der Waals surface area contributed by atoms with Gasteiger partial charge in [-0.15, -0.1) is 0 Å². The van der Waals surface area contributed by atoms with Crippen molar-refractivity contribution in [1.82, 2.24) is 0 Å². The molecular formula is C14H20N2. The van der Waals surface area contributed by atoms with Crippen LogP contribution in [0.15, 0.2) is 23.3 Å². The van der Waals surface area contributed by atoms with Gasteiger partial charge in [-0.2, -0.15) is 10.5 Å². The van der Waals surface area contributed by atoms with Gasteiger partial charge >= 0.3 is 0 Å². The van der Waals surface area contributed by atoms with E-state index in [4.69, 9.17) is 10.5 Å². The van der Waals surface area contributed by atoms with Gasteiger partial charge < -0.3 is 0 Å². The molecule has 0 spiro atoms. The highest BCUT2D eigenvalue weighted by molar-refractivity contribution is 5.49. The number of hydrogen-bond acceptors (Lipinski definition) is 2. The summed E-state index contributed by atoms with van der Waals surface area (Å²) in [6.45, 7) is 4.23. The van der Waals surface area contributed by atoms with Gasteiger partial charge in [-0.3, -0.25) is 0 Å². The summed E-state index contributed by atoms with van der Waals surface area (Å²) >= 11 is 0. The SMILES string of the molecule is CCCC/C=C(C#N)/C(C#N)=C/CCCC. The Bertz CT molecular complexity index is 290. The maximum atomic E-state index is 8.97. The van der Waals surface area contributed by atoms with Crippen LogP contribution in [0.4, 0.5) is 0 Å². The maximum Gasteiger partial charge on any atom is 0.100 e. The first-order valence-electron chi connectivity index (χ1n) is 6.01. The van der Waals surface area contributed by atoms with Crippen LogP contribution in [0.25, 0.3) is 0 Å². The molecule has 0 aromatic heterocycles. The molecule has 0 aromatic rings. The summed E-state index contributed by atoms with van der Waals surface area (Å²) in [5.41, 5.74) is 1.07. The molecule has 0 aliphatic carbocycles. The lowest BCUT2D eigenvalue weighted by Gasteiger charge is -1.97. The van der Waals surface area contributed by atoms with E-state index in [9.17, 15) is 0 Å². The van der Waals surface area contributed by atoms with Gasteiger partial charge in [0.15, 0.2) is 0 Å². The van der Waals surface area contributed by atoms with E-state index in [2.05, 4.69) is 26.0 Å². The zero-order valence-electron chi connectivity index (χ0n) is 10.3. The van der Waals surface area contributed by atoms with E-state index in [-0.39, 0.29) is 0 Å². The first-order chi connectivity index (χ1) is 7.79. The predicted octanol–water partition coefficient (Wildman–Crippen LogP) is 4.27. The molecule has 16 heavy (non-hydrogen) atoms. The van der Waals surface area contributed by atoms with E-state index in [1.807, 2.05) is 12.2 Å². The summed E-state index contributed by atoms with van der Waals surface area (Å²) < 4.78 is 0. The zero-order chi connectivity index (χ0) is 12.2. The summed E-state index contributed by atoms with van der Waals surface area (Å²) in [5.74, 6) is 0. The van der Waals surface area contributed by atoms with E-state index in [1.165, 1.54) is 0 Å². The Kier molecular flexibility index (Phi) is 9.03. The van der Waals surface area contributed by atoms with Crippen molar-refractivity contribution in [3.05, 3.63) is 23.3 Å².